The topological polar surface area (TPSA) is 0 Å². The van der Waals surface area contributed by atoms with Crippen molar-refractivity contribution in [1.29, 1.82) is 0 Å². The van der Waals surface area contributed by atoms with Gasteiger partial charge in [0, 0.05) is 0 Å². The quantitative estimate of drug-likeness (QED) is 0.657. The van der Waals surface area contributed by atoms with Gasteiger partial charge in [0.1, 0.15) is 0 Å². The molecular formula is C12H9S2Se. The summed E-state index contributed by atoms with van der Waals surface area (Å²) in [5.41, 5.74) is 0. The molecule has 2 aromatic rings. The molecule has 0 saturated carbocycles. The molecule has 0 heterocycles. The SMILES string of the molecule is Sc1ccccc1Sc1ccccc1[Se]. The number of hydrogen-bond donors (Lipinski definition) is 1. The first kappa shape index (κ1) is 11.2. The Hall–Kier alpha value is -0.341. The van der Waals surface area contributed by atoms with Crippen LogP contribution in [0.2, 0.25) is 0 Å². The van der Waals surface area contributed by atoms with Gasteiger partial charge in [-0.2, -0.15) is 0 Å². The van der Waals surface area contributed by atoms with Crippen molar-refractivity contribution in [3.63, 3.8) is 0 Å². The van der Waals surface area contributed by atoms with E-state index in [4.69, 9.17) is 0 Å². The van der Waals surface area contributed by atoms with Gasteiger partial charge in [0.25, 0.3) is 0 Å². The third kappa shape index (κ3) is 2.82. The summed E-state index contributed by atoms with van der Waals surface area (Å²) in [7, 11) is 0. The van der Waals surface area contributed by atoms with E-state index in [0.717, 1.165) is 4.90 Å². The van der Waals surface area contributed by atoms with Crippen molar-refractivity contribution in [1.82, 2.24) is 0 Å². The van der Waals surface area contributed by atoms with Crippen LogP contribution in [0.15, 0.2) is 63.2 Å². The molecule has 0 saturated heterocycles. The van der Waals surface area contributed by atoms with Gasteiger partial charge in [0.05, 0.1) is 0 Å². The van der Waals surface area contributed by atoms with Crippen LogP contribution < -0.4 is 4.46 Å². The van der Waals surface area contributed by atoms with Crippen LogP contribution in [0.3, 0.4) is 0 Å². The molecular weight excluding hydrogens is 287 g/mol. The second kappa shape index (κ2) is 5.13. The molecule has 0 bridgehead atoms. The van der Waals surface area contributed by atoms with Gasteiger partial charge in [-0.15, -0.1) is 0 Å². The average Bonchev–Trinajstić information content (AvgIpc) is 2.24. The standard InChI is InChI=1S/C12H9S2Se/c13-9-5-1-2-6-10(9)14-11-7-3-4-8-12(11)15/h1-8,13H. The van der Waals surface area contributed by atoms with E-state index in [1.807, 2.05) is 30.3 Å². The van der Waals surface area contributed by atoms with Gasteiger partial charge in [-0.25, -0.2) is 0 Å². The molecule has 0 N–H and O–H groups in total. The Morgan fingerprint density at radius 2 is 1.47 bits per heavy atom. The monoisotopic (exact) mass is 297 g/mol. The second-order valence-corrected chi connectivity index (χ2v) is 5.50. The summed E-state index contributed by atoms with van der Waals surface area (Å²) in [5.74, 6) is 0. The maximum absolute atomic E-state index is 4.43. The van der Waals surface area contributed by atoms with Crippen molar-refractivity contribution >= 4 is 44.9 Å². The molecule has 3 heteroatoms. The van der Waals surface area contributed by atoms with E-state index in [2.05, 4.69) is 46.8 Å². The molecule has 0 aliphatic rings. The third-order valence-electron chi connectivity index (χ3n) is 1.93. The van der Waals surface area contributed by atoms with E-state index in [9.17, 15) is 0 Å². The van der Waals surface area contributed by atoms with Gasteiger partial charge in [-0.1, -0.05) is 0 Å². The van der Waals surface area contributed by atoms with Crippen molar-refractivity contribution < 1.29 is 0 Å². The molecule has 1 radical (unpaired) electrons. The first-order chi connectivity index (χ1) is 7.27. The summed E-state index contributed by atoms with van der Waals surface area (Å²) in [6, 6.07) is 16.4. The molecule has 2 rings (SSSR count). The molecule has 15 heavy (non-hydrogen) atoms. The summed E-state index contributed by atoms with van der Waals surface area (Å²) >= 11 is 9.23. The fraction of sp³-hybridized carbons (Fsp3) is 0. The third-order valence-corrected chi connectivity index (χ3v) is 4.67. The first-order valence-electron chi connectivity index (χ1n) is 4.49. The Morgan fingerprint density at radius 1 is 0.867 bits per heavy atom. The van der Waals surface area contributed by atoms with E-state index >= 15 is 0 Å². The van der Waals surface area contributed by atoms with Gasteiger partial charge >= 0.3 is 108 Å². The normalized spacial score (nSPS) is 10.2. The Labute approximate surface area is 108 Å². The van der Waals surface area contributed by atoms with E-state index in [1.165, 1.54) is 14.3 Å². The van der Waals surface area contributed by atoms with E-state index in [1.54, 1.807) is 11.8 Å². The van der Waals surface area contributed by atoms with Crippen LogP contribution in [0.5, 0.6) is 0 Å². The van der Waals surface area contributed by atoms with Crippen molar-refractivity contribution in [2.45, 2.75) is 14.7 Å². The van der Waals surface area contributed by atoms with Crippen molar-refractivity contribution in [3.05, 3.63) is 48.5 Å². The number of thiol groups is 1. The van der Waals surface area contributed by atoms with Gasteiger partial charge in [-0.05, 0) is 0 Å². The molecule has 0 amide bonds. The zero-order valence-corrected chi connectivity index (χ0v) is 11.3. The van der Waals surface area contributed by atoms with Crippen LogP contribution in [0.1, 0.15) is 0 Å². The molecule has 0 aromatic heterocycles. The van der Waals surface area contributed by atoms with Crippen LogP contribution in [0, 0.1) is 0 Å². The summed E-state index contributed by atoms with van der Waals surface area (Å²) in [6.45, 7) is 0. The minimum atomic E-state index is 1.02. The number of rotatable bonds is 2. The van der Waals surface area contributed by atoms with Gasteiger partial charge in [0.15, 0.2) is 0 Å². The zero-order chi connectivity index (χ0) is 10.7. The Kier molecular flexibility index (Phi) is 3.81. The molecule has 0 aliphatic heterocycles. The predicted octanol–water partition coefficient (Wildman–Crippen LogP) is 2.92. The molecule has 0 fully saturated rings. The molecule has 75 valence electrons. The molecule has 2 aromatic carbocycles. The van der Waals surface area contributed by atoms with Crippen molar-refractivity contribution in [2.75, 3.05) is 0 Å². The minimum absolute atomic E-state index is 1.02. The Balaban J connectivity index is 2.30. The Morgan fingerprint density at radius 3 is 2.13 bits per heavy atom. The van der Waals surface area contributed by atoms with E-state index < -0.39 is 0 Å². The zero-order valence-electron chi connectivity index (χ0n) is 7.88. The van der Waals surface area contributed by atoms with Crippen molar-refractivity contribution in [3.8, 4) is 0 Å². The summed E-state index contributed by atoms with van der Waals surface area (Å²) < 4.78 is 1.18. The average molecular weight is 296 g/mol. The van der Waals surface area contributed by atoms with Crippen LogP contribution in [-0.4, -0.2) is 16.0 Å². The molecule has 0 aliphatic carbocycles. The second-order valence-electron chi connectivity index (χ2n) is 3.02. The van der Waals surface area contributed by atoms with E-state index in [-0.39, 0.29) is 0 Å². The fourth-order valence-electron chi connectivity index (χ4n) is 1.20. The van der Waals surface area contributed by atoms with Gasteiger partial charge in [-0.3, -0.25) is 0 Å². The van der Waals surface area contributed by atoms with Gasteiger partial charge < -0.3 is 0 Å². The maximum atomic E-state index is 4.43. The molecule has 0 atom stereocenters. The first-order valence-corrected chi connectivity index (χ1v) is 6.61. The summed E-state index contributed by atoms with van der Waals surface area (Å²) in [5, 5.41) is 0. The number of benzene rings is 2. The van der Waals surface area contributed by atoms with Gasteiger partial charge in [0.2, 0.25) is 0 Å². The fourth-order valence-corrected chi connectivity index (χ4v) is 2.94. The Bertz CT molecular complexity index is 425. The van der Waals surface area contributed by atoms with Crippen LogP contribution in [0.4, 0.5) is 0 Å². The van der Waals surface area contributed by atoms with Crippen LogP contribution in [-0.2, 0) is 0 Å². The summed E-state index contributed by atoms with van der Waals surface area (Å²) in [4.78, 5) is 3.44. The molecule has 0 unspecified atom stereocenters. The van der Waals surface area contributed by atoms with E-state index in [0.29, 0.717) is 0 Å². The van der Waals surface area contributed by atoms with Crippen LogP contribution in [0.25, 0.3) is 0 Å². The van der Waals surface area contributed by atoms with Crippen LogP contribution >= 0.6 is 24.4 Å². The van der Waals surface area contributed by atoms with Crippen molar-refractivity contribution in [2.24, 2.45) is 0 Å². The molecule has 0 spiro atoms. The molecule has 0 nitrogen and oxygen atoms in total. The summed E-state index contributed by atoms with van der Waals surface area (Å²) in [6.07, 6.45) is 0. The predicted molar refractivity (Wildman–Crippen MR) is 69.6 cm³/mol. The number of hydrogen-bond acceptors (Lipinski definition) is 2.